The fourth-order valence-electron chi connectivity index (χ4n) is 2.31. The second-order valence-electron chi connectivity index (χ2n) is 5.69. The van der Waals surface area contributed by atoms with Gasteiger partial charge in [-0.1, -0.05) is 30.3 Å². The van der Waals surface area contributed by atoms with E-state index in [-0.39, 0.29) is 12.3 Å². The predicted molar refractivity (Wildman–Crippen MR) is 105 cm³/mol. The zero-order valence-electron chi connectivity index (χ0n) is 14.0. The number of nitrogens with zero attached hydrogens (tertiary/aromatic N) is 1. The quantitative estimate of drug-likeness (QED) is 0.679. The molecule has 8 heteroatoms. The summed E-state index contributed by atoms with van der Waals surface area (Å²) >= 11 is 1.50. The molecule has 1 amide bonds. The van der Waals surface area contributed by atoms with E-state index < -0.39 is 10.0 Å². The van der Waals surface area contributed by atoms with Gasteiger partial charge in [0, 0.05) is 22.3 Å². The predicted octanol–water partition coefficient (Wildman–Crippen LogP) is 3.36. The number of sulfonamides is 1. The molecule has 0 saturated heterocycles. The van der Waals surface area contributed by atoms with Gasteiger partial charge in [-0.15, -0.1) is 11.3 Å². The molecule has 6 nitrogen and oxygen atoms in total. The van der Waals surface area contributed by atoms with Gasteiger partial charge in [-0.25, -0.2) is 13.4 Å². The van der Waals surface area contributed by atoms with Crippen molar-refractivity contribution >= 4 is 38.6 Å². The van der Waals surface area contributed by atoms with E-state index in [1.807, 2.05) is 35.7 Å². The fourth-order valence-corrected chi connectivity index (χ4v) is 3.70. The molecule has 1 heterocycles. The topological polar surface area (TPSA) is 88.2 Å². The summed E-state index contributed by atoms with van der Waals surface area (Å²) in [6.45, 7) is 0. The minimum absolute atomic E-state index is 0.173. The van der Waals surface area contributed by atoms with Crippen molar-refractivity contribution in [2.45, 2.75) is 6.42 Å². The Labute approximate surface area is 156 Å². The van der Waals surface area contributed by atoms with E-state index in [0.717, 1.165) is 16.8 Å². The molecule has 1 aromatic heterocycles. The van der Waals surface area contributed by atoms with Gasteiger partial charge in [-0.05, 0) is 24.3 Å². The number of aromatic nitrogens is 1. The van der Waals surface area contributed by atoms with Gasteiger partial charge in [0.05, 0.1) is 18.4 Å². The summed E-state index contributed by atoms with van der Waals surface area (Å²) in [6, 6.07) is 16.3. The summed E-state index contributed by atoms with van der Waals surface area (Å²) < 4.78 is 24.7. The van der Waals surface area contributed by atoms with Crippen LogP contribution in [-0.4, -0.2) is 25.6 Å². The third-order valence-corrected chi connectivity index (χ3v) is 4.93. The number of thiazole rings is 1. The highest BCUT2D eigenvalue weighted by Gasteiger charge is 2.09. The first-order chi connectivity index (χ1) is 12.4. The summed E-state index contributed by atoms with van der Waals surface area (Å²) in [5.41, 5.74) is 2.77. The van der Waals surface area contributed by atoms with Crippen LogP contribution in [0.3, 0.4) is 0 Å². The van der Waals surface area contributed by atoms with Gasteiger partial charge in [0.15, 0.2) is 0 Å². The smallest absolute Gasteiger partial charge is 0.230 e. The Balaban J connectivity index is 1.60. The molecule has 0 saturated carbocycles. The highest BCUT2D eigenvalue weighted by molar-refractivity contribution is 7.92. The average Bonchev–Trinajstić information content (AvgIpc) is 3.04. The van der Waals surface area contributed by atoms with Crippen LogP contribution in [0.4, 0.5) is 11.4 Å². The van der Waals surface area contributed by atoms with Crippen molar-refractivity contribution in [2.75, 3.05) is 16.3 Å². The summed E-state index contributed by atoms with van der Waals surface area (Å²) in [5, 5.41) is 5.53. The lowest BCUT2D eigenvalue weighted by Gasteiger charge is -2.07. The molecule has 3 rings (SSSR count). The van der Waals surface area contributed by atoms with Crippen LogP contribution in [0.2, 0.25) is 0 Å². The normalized spacial score (nSPS) is 11.1. The molecule has 0 fully saturated rings. The van der Waals surface area contributed by atoms with Crippen molar-refractivity contribution in [3.63, 3.8) is 0 Å². The Hall–Kier alpha value is -2.71. The molecule has 0 aliphatic heterocycles. The van der Waals surface area contributed by atoms with Gasteiger partial charge < -0.3 is 5.32 Å². The Kier molecular flexibility index (Phi) is 5.34. The van der Waals surface area contributed by atoms with Gasteiger partial charge in [0.25, 0.3) is 0 Å². The molecule has 2 N–H and O–H groups in total. The van der Waals surface area contributed by atoms with Crippen LogP contribution in [0.25, 0.3) is 10.6 Å². The summed E-state index contributed by atoms with van der Waals surface area (Å²) in [5.74, 6) is -0.182. The number of amides is 1. The van der Waals surface area contributed by atoms with E-state index in [1.165, 1.54) is 11.3 Å². The van der Waals surface area contributed by atoms with Crippen LogP contribution in [0, 0.1) is 0 Å². The van der Waals surface area contributed by atoms with Crippen LogP contribution in [0.1, 0.15) is 5.69 Å². The first kappa shape index (κ1) is 18.1. The van der Waals surface area contributed by atoms with Crippen molar-refractivity contribution in [1.29, 1.82) is 0 Å². The van der Waals surface area contributed by atoms with Crippen molar-refractivity contribution in [3.05, 3.63) is 65.7 Å². The van der Waals surface area contributed by atoms with E-state index in [0.29, 0.717) is 17.1 Å². The van der Waals surface area contributed by atoms with Crippen LogP contribution in [0.5, 0.6) is 0 Å². The third-order valence-electron chi connectivity index (χ3n) is 3.39. The second-order valence-corrected chi connectivity index (χ2v) is 8.29. The number of carbonyl (C=O) groups excluding carboxylic acids is 1. The standard InChI is InChI=1S/C18H17N3O3S2/c1-26(23,24)21-15-9-7-14(8-10-15)19-17(22)11-16-12-25-18(20-16)13-5-3-2-4-6-13/h2-10,12,21H,11H2,1H3,(H,19,22). The van der Waals surface area contributed by atoms with E-state index in [9.17, 15) is 13.2 Å². The maximum atomic E-state index is 12.2. The number of nitrogens with one attached hydrogen (secondary N) is 2. The molecule has 26 heavy (non-hydrogen) atoms. The number of hydrogen-bond acceptors (Lipinski definition) is 5. The average molecular weight is 387 g/mol. The number of benzene rings is 2. The first-order valence-electron chi connectivity index (χ1n) is 7.76. The Bertz CT molecular complexity index is 998. The lowest BCUT2D eigenvalue weighted by atomic mass is 10.2. The maximum absolute atomic E-state index is 12.2. The van der Waals surface area contributed by atoms with Gasteiger partial charge in [-0.3, -0.25) is 9.52 Å². The zero-order valence-corrected chi connectivity index (χ0v) is 15.6. The molecule has 0 unspecified atom stereocenters. The minimum Gasteiger partial charge on any atom is -0.326 e. The lowest BCUT2D eigenvalue weighted by molar-refractivity contribution is -0.115. The number of anilines is 2. The molecule has 0 bridgehead atoms. The molecule has 3 aromatic rings. The van der Waals surface area contributed by atoms with Crippen LogP contribution in [-0.2, 0) is 21.2 Å². The van der Waals surface area contributed by atoms with Crippen LogP contribution >= 0.6 is 11.3 Å². The summed E-state index contributed by atoms with van der Waals surface area (Å²) in [7, 11) is -3.32. The number of rotatable bonds is 6. The molecule has 134 valence electrons. The largest absolute Gasteiger partial charge is 0.326 e. The van der Waals surface area contributed by atoms with Crippen molar-refractivity contribution < 1.29 is 13.2 Å². The second kappa shape index (κ2) is 7.67. The molecular weight excluding hydrogens is 370 g/mol. The Morgan fingerprint density at radius 3 is 2.35 bits per heavy atom. The van der Waals surface area contributed by atoms with Gasteiger partial charge >= 0.3 is 0 Å². The molecule has 0 spiro atoms. The van der Waals surface area contributed by atoms with Crippen molar-refractivity contribution in [2.24, 2.45) is 0 Å². The van der Waals surface area contributed by atoms with Gasteiger partial charge in [-0.2, -0.15) is 0 Å². The first-order valence-corrected chi connectivity index (χ1v) is 10.5. The highest BCUT2D eigenvalue weighted by atomic mass is 32.2. The van der Waals surface area contributed by atoms with Crippen molar-refractivity contribution in [1.82, 2.24) is 4.98 Å². The van der Waals surface area contributed by atoms with Crippen molar-refractivity contribution in [3.8, 4) is 10.6 Å². The van der Waals surface area contributed by atoms with E-state index in [1.54, 1.807) is 24.3 Å². The zero-order chi connectivity index (χ0) is 18.6. The van der Waals surface area contributed by atoms with Crippen LogP contribution in [0.15, 0.2) is 60.0 Å². The van der Waals surface area contributed by atoms with Gasteiger partial charge in [0.2, 0.25) is 15.9 Å². The maximum Gasteiger partial charge on any atom is 0.230 e. The highest BCUT2D eigenvalue weighted by Crippen LogP contribution is 2.23. The summed E-state index contributed by atoms with van der Waals surface area (Å²) in [6.07, 6.45) is 1.26. The SMILES string of the molecule is CS(=O)(=O)Nc1ccc(NC(=O)Cc2csc(-c3ccccc3)n2)cc1. The molecular formula is C18H17N3O3S2. The molecule has 0 aliphatic carbocycles. The fraction of sp³-hybridized carbons (Fsp3) is 0.111. The Morgan fingerprint density at radius 2 is 1.69 bits per heavy atom. The number of carbonyl (C=O) groups is 1. The lowest BCUT2D eigenvalue weighted by Crippen LogP contribution is -2.14. The monoisotopic (exact) mass is 387 g/mol. The number of hydrogen-bond donors (Lipinski definition) is 2. The van der Waals surface area contributed by atoms with Crippen LogP contribution < -0.4 is 10.0 Å². The molecule has 0 radical (unpaired) electrons. The van der Waals surface area contributed by atoms with E-state index in [4.69, 9.17) is 0 Å². The van der Waals surface area contributed by atoms with Gasteiger partial charge in [0.1, 0.15) is 5.01 Å². The summed E-state index contributed by atoms with van der Waals surface area (Å²) in [4.78, 5) is 16.7. The van der Waals surface area contributed by atoms with E-state index in [2.05, 4.69) is 15.0 Å². The molecule has 0 aliphatic rings. The molecule has 2 aromatic carbocycles. The van der Waals surface area contributed by atoms with E-state index >= 15 is 0 Å². The Morgan fingerprint density at radius 1 is 1.04 bits per heavy atom. The minimum atomic E-state index is -3.32. The third kappa shape index (κ3) is 5.14. The molecule has 0 atom stereocenters.